The summed E-state index contributed by atoms with van der Waals surface area (Å²) in [6.07, 6.45) is 37.5. The maximum absolute atomic E-state index is 14.5. The number of unbranched alkanes of at least 4 members (excludes halogenated alkanes) is 27. The lowest BCUT2D eigenvalue weighted by Crippen LogP contribution is -2.09. The molecule has 1 aromatic carbocycles. The summed E-state index contributed by atoms with van der Waals surface area (Å²) in [5.41, 5.74) is 3.44. The van der Waals surface area contributed by atoms with Gasteiger partial charge in [0.25, 0.3) is 0 Å². The third kappa shape index (κ3) is 23.2. The summed E-state index contributed by atoms with van der Waals surface area (Å²) in [6.45, 7) is 16.6. The summed E-state index contributed by atoms with van der Waals surface area (Å²) in [5, 5.41) is 0. The van der Waals surface area contributed by atoms with Crippen molar-refractivity contribution < 1.29 is 32.3 Å². The highest BCUT2D eigenvalue weighted by atomic mass is 32.1. The van der Waals surface area contributed by atoms with Gasteiger partial charge in [0.2, 0.25) is 5.75 Å². The number of ketones is 1. The van der Waals surface area contributed by atoms with Gasteiger partial charge in [0, 0.05) is 47.2 Å². The van der Waals surface area contributed by atoms with E-state index in [9.17, 15) is 13.4 Å². The van der Waals surface area contributed by atoms with Gasteiger partial charge in [0.1, 0.15) is 5.76 Å². The Balaban J connectivity index is 1.63. The van der Waals surface area contributed by atoms with Gasteiger partial charge in [0.05, 0.1) is 24.7 Å². The molecule has 72 heavy (non-hydrogen) atoms. The number of carbonyl (C=O) groups excluding carboxylic acids is 1. The minimum atomic E-state index is -3.16. The number of aryl methyl sites for hydroxylation is 4. The Morgan fingerprint density at radius 3 is 1.22 bits per heavy atom. The Hall–Kier alpha value is -3.15. The van der Waals surface area contributed by atoms with E-state index in [2.05, 4.69) is 60.6 Å². The lowest BCUT2D eigenvalue weighted by atomic mass is 10.0. The number of ether oxygens (including phenoxy) is 3. The van der Waals surface area contributed by atoms with Crippen LogP contribution in [0.1, 0.15) is 248 Å². The van der Waals surface area contributed by atoms with Crippen LogP contribution in [0.25, 0.3) is 27.3 Å². The lowest BCUT2D eigenvalue weighted by molar-refractivity contribution is 0.104. The molecular formula is C61H93BF2O5S3. The maximum atomic E-state index is 14.5. The molecule has 0 radical (unpaired) electrons. The Morgan fingerprint density at radius 2 is 0.847 bits per heavy atom. The molecule has 4 rings (SSSR count). The van der Waals surface area contributed by atoms with E-state index in [0.29, 0.717) is 41.9 Å². The first-order valence-corrected chi connectivity index (χ1v) is 31.1. The first kappa shape index (κ1) is 61.4. The number of hydrogen-bond acceptors (Lipinski definition) is 8. The maximum Gasteiger partial charge on any atom is 0.796 e. The zero-order valence-electron chi connectivity index (χ0n) is 45.9. The van der Waals surface area contributed by atoms with Crippen LogP contribution >= 0.6 is 34.0 Å². The summed E-state index contributed by atoms with van der Waals surface area (Å²) >= 11 is 4.86. The monoisotopic (exact) mass is 1050 g/mol. The fraction of sp³-hybridized carbons (Fsp3) is 0.656. The second-order valence-corrected chi connectivity index (χ2v) is 24.1. The minimum absolute atomic E-state index is 0.231. The quantitative estimate of drug-likeness (QED) is 0.0145. The highest BCUT2D eigenvalue weighted by Crippen LogP contribution is 2.46. The van der Waals surface area contributed by atoms with E-state index < -0.39 is 13.3 Å². The second kappa shape index (κ2) is 36.7. The zero-order valence-corrected chi connectivity index (χ0v) is 48.3. The predicted molar refractivity (Wildman–Crippen MR) is 310 cm³/mol. The van der Waals surface area contributed by atoms with Crippen LogP contribution in [0.4, 0.5) is 8.63 Å². The van der Waals surface area contributed by atoms with Crippen LogP contribution in [-0.2, 0) is 4.65 Å². The largest absolute Gasteiger partial charge is 0.796 e. The van der Waals surface area contributed by atoms with Crippen molar-refractivity contribution in [2.45, 2.75) is 241 Å². The Morgan fingerprint density at radius 1 is 0.472 bits per heavy atom. The summed E-state index contributed by atoms with van der Waals surface area (Å²) < 4.78 is 54.1. The molecule has 5 nitrogen and oxygen atoms in total. The molecule has 0 bridgehead atoms. The molecule has 0 fully saturated rings. The SMILES string of the molecule is CCCCCCCCCCCCOc1cc(/C(=C\C(=O)c2cc(-c3cc(C)sc3C)c(-c3cc(C)sc3C)s2)OB(F)F)cc(OCCCCCCCCCCCC)c1OCCCCCCCCCCCC. The third-order valence-electron chi connectivity index (χ3n) is 13.6. The molecule has 4 aromatic rings. The Bertz CT molecular complexity index is 2010. The highest BCUT2D eigenvalue weighted by molar-refractivity contribution is 7.19. The van der Waals surface area contributed by atoms with Crippen LogP contribution in [0.15, 0.2) is 36.4 Å². The Kier molecular flexibility index (Phi) is 31.3. The van der Waals surface area contributed by atoms with Crippen LogP contribution in [0, 0.1) is 27.7 Å². The average Bonchev–Trinajstić information content (AvgIpc) is 4.05. The summed E-state index contributed by atoms with van der Waals surface area (Å²) in [6, 6.07) is 9.68. The van der Waals surface area contributed by atoms with Crippen molar-refractivity contribution in [3.8, 4) is 38.8 Å². The molecule has 0 saturated heterocycles. The number of hydrogen-bond donors (Lipinski definition) is 0. The minimum Gasteiger partial charge on any atom is -0.505 e. The molecule has 0 spiro atoms. The van der Waals surface area contributed by atoms with Gasteiger partial charge in [0.15, 0.2) is 17.3 Å². The van der Waals surface area contributed by atoms with Crippen LogP contribution in [0.2, 0.25) is 0 Å². The van der Waals surface area contributed by atoms with E-state index in [-0.39, 0.29) is 11.3 Å². The molecule has 3 aromatic heterocycles. The third-order valence-corrected chi connectivity index (χ3v) is 16.7. The average molecular weight is 1050 g/mol. The second-order valence-electron chi connectivity index (χ2n) is 20.2. The van der Waals surface area contributed by atoms with E-state index in [4.69, 9.17) is 18.9 Å². The van der Waals surface area contributed by atoms with Crippen LogP contribution in [0.5, 0.6) is 17.2 Å². The Labute approximate surface area is 448 Å². The zero-order chi connectivity index (χ0) is 51.8. The number of carbonyl (C=O) groups is 1. The standard InChI is InChI=1S/C61H93BF2O5S3/c1-8-11-14-17-20-23-26-29-32-35-38-66-57-43-51(44-58(67-39-36-33-30-27-24-21-18-15-12-9-2)60(57)68-40-37-34-31-28-25-22-19-16-13-10-3)56(69-62(63)64)46-55(65)59-45-54(52-41-47(4)70-49(52)6)61(72-59)53-42-48(5)71-50(53)7/h41-46H,8-40H2,1-7H3/b56-46+. The van der Waals surface area contributed by atoms with E-state index in [1.165, 1.54) is 178 Å². The van der Waals surface area contributed by atoms with E-state index in [0.717, 1.165) is 72.9 Å². The van der Waals surface area contributed by atoms with Crippen LogP contribution in [-0.4, -0.2) is 33.1 Å². The first-order valence-electron chi connectivity index (χ1n) is 28.6. The molecule has 0 aliphatic carbocycles. The predicted octanol–water partition coefficient (Wildman–Crippen LogP) is 21.5. The van der Waals surface area contributed by atoms with Gasteiger partial charge in [-0.25, -0.2) is 8.63 Å². The van der Waals surface area contributed by atoms with Gasteiger partial charge in [-0.1, -0.05) is 194 Å². The first-order chi connectivity index (χ1) is 35.1. The van der Waals surface area contributed by atoms with Crippen molar-refractivity contribution in [2.75, 3.05) is 19.8 Å². The fourth-order valence-electron chi connectivity index (χ4n) is 9.52. The molecule has 0 aliphatic rings. The topological polar surface area (TPSA) is 54.0 Å². The molecular weight excluding hydrogens is 958 g/mol. The van der Waals surface area contributed by atoms with Crippen LogP contribution in [0.3, 0.4) is 0 Å². The molecule has 0 aliphatic heterocycles. The number of allylic oxidation sites excluding steroid dienone is 1. The van der Waals surface area contributed by atoms with Gasteiger partial charge in [-0.2, -0.15) is 0 Å². The van der Waals surface area contributed by atoms with Crippen molar-refractivity contribution in [3.05, 3.63) is 66.4 Å². The molecule has 0 N–H and O–H groups in total. The lowest BCUT2D eigenvalue weighted by Gasteiger charge is -2.20. The van der Waals surface area contributed by atoms with Crippen LogP contribution < -0.4 is 14.2 Å². The summed E-state index contributed by atoms with van der Waals surface area (Å²) in [4.78, 5) is 20.6. The fourth-order valence-corrected chi connectivity index (χ4v) is 12.6. The molecule has 0 unspecified atom stereocenters. The van der Waals surface area contributed by atoms with Gasteiger partial charge >= 0.3 is 7.47 Å². The van der Waals surface area contributed by atoms with Crippen molar-refractivity contribution >= 4 is 53.0 Å². The van der Waals surface area contributed by atoms with Crippen molar-refractivity contribution in [1.82, 2.24) is 0 Å². The van der Waals surface area contributed by atoms with Gasteiger partial charge < -0.3 is 18.9 Å². The molecule has 402 valence electrons. The molecule has 11 heteroatoms. The summed E-state index contributed by atoms with van der Waals surface area (Å²) in [7, 11) is -3.16. The molecule has 0 saturated carbocycles. The van der Waals surface area contributed by atoms with Crippen molar-refractivity contribution in [3.63, 3.8) is 0 Å². The smallest absolute Gasteiger partial charge is 0.505 e. The molecule has 0 atom stereocenters. The van der Waals surface area contributed by atoms with Crippen molar-refractivity contribution in [2.24, 2.45) is 0 Å². The van der Waals surface area contributed by atoms with E-state index >= 15 is 0 Å². The molecule has 3 heterocycles. The number of halogens is 2. The van der Waals surface area contributed by atoms with Gasteiger partial charge in [-0.05, 0) is 82.9 Å². The number of benzene rings is 1. The van der Waals surface area contributed by atoms with Gasteiger partial charge in [-0.3, -0.25) is 4.79 Å². The van der Waals surface area contributed by atoms with Crippen molar-refractivity contribution in [1.29, 1.82) is 0 Å². The van der Waals surface area contributed by atoms with Gasteiger partial charge in [-0.15, -0.1) is 34.0 Å². The molecule has 0 amide bonds. The summed E-state index contributed by atoms with van der Waals surface area (Å²) in [5.74, 6) is 0.714. The number of rotatable bonds is 43. The normalized spacial score (nSPS) is 11.7. The van der Waals surface area contributed by atoms with E-state index in [1.54, 1.807) is 34.8 Å². The number of thiophene rings is 3. The van der Waals surface area contributed by atoms with E-state index in [1.807, 2.05) is 6.07 Å². The highest BCUT2D eigenvalue weighted by Gasteiger charge is 2.27.